The van der Waals surface area contributed by atoms with E-state index >= 15 is 0 Å². The number of amides is 1. The fourth-order valence-corrected chi connectivity index (χ4v) is 1.06. The molecule has 1 amide bonds. The number of primary amides is 1. The van der Waals surface area contributed by atoms with Gasteiger partial charge in [-0.1, -0.05) is 30.3 Å². The number of hydrogen-bond donors (Lipinski definition) is 3. The van der Waals surface area contributed by atoms with Crippen molar-refractivity contribution in [2.75, 3.05) is 7.05 Å². The molecule has 0 saturated heterocycles. The molecule has 0 atom stereocenters. The van der Waals surface area contributed by atoms with E-state index in [1.807, 2.05) is 30.3 Å². The van der Waals surface area contributed by atoms with Crippen molar-refractivity contribution in [3.63, 3.8) is 0 Å². The van der Waals surface area contributed by atoms with Crippen molar-refractivity contribution in [1.29, 1.82) is 0 Å². The summed E-state index contributed by atoms with van der Waals surface area (Å²) in [4.78, 5) is 11.1. The molecule has 0 aliphatic carbocycles. The Hall–Kier alpha value is -1.81. The van der Waals surface area contributed by atoms with Crippen LogP contribution in [0.1, 0.15) is 5.56 Å². The van der Waals surface area contributed by atoms with Crippen LogP contribution in [0, 0.1) is 0 Å². The molecule has 0 bridgehead atoms. The number of hydrazine groups is 1. The number of nitrogens with one attached hydrogen (secondary N) is 2. The van der Waals surface area contributed by atoms with E-state index in [9.17, 15) is 4.79 Å². The van der Waals surface area contributed by atoms with Gasteiger partial charge in [0.2, 0.25) is 0 Å². The summed E-state index contributed by atoms with van der Waals surface area (Å²) in [5.74, 6) is -0.459. The van der Waals surface area contributed by atoms with Gasteiger partial charge >= 0.3 is 0 Å². The van der Waals surface area contributed by atoms with Crippen LogP contribution in [0.5, 0.6) is 0 Å². The second kappa shape index (κ2) is 5.04. The van der Waals surface area contributed by atoms with E-state index < -0.39 is 5.91 Å². The smallest absolute Gasteiger partial charge is 0.250 e. The number of nitrogens with two attached hydrogens (primary N) is 1. The fraction of sp³-hybridized carbons (Fsp3) is 0.100. The minimum absolute atomic E-state index is 0.444. The zero-order chi connectivity index (χ0) is 10.4. The average molecular weight is 191 g/mol. The van der Waals surface area contributed by atoms with E-state index in [4.69, 9.17) is 5.73 Å². The predicted octanol–water partition coefficient (Wildman–Crippen LogP) is 0.237. The Morgan fingerprint density at radius 1 is 1.36 bits per heavy atom. The Labute approximate surface area is 82.8 Å². The first-order chi connectivity index (χ1) is 6.75. The van der Waals surface area contributed by atoms with Crippen molar-refractivity contribution in [2.45, 2.75) is 0 Å². The Morgan fingerprint density at radius 2 is 2.00 bits per heavy atom. The summed E-state index contributed by atoms with van der Waals surface area (Å²) in [5.41, 5.74) is 11.9. The third-order valence-electron chi connectivity index (χ3n) is 1.71. The first-order valence-electron chi connectivity index (χ1n) is 4.23. The van der Waals surface area contributed by atoms with Crippen LogP contribution in [0.2, 0.25) is 0 Å². The highest BCUT2D eigenvalue weighted by Gasteiger charge is 2.06. The van der Waals surface area contributed by atoms with Crippen LogP contribution < -0.4 is 16.6 Å². The maximum absolute atomic E-state index is 11.1. The van der Waals surface area contributed by atoms with Gasteiger partial charge in [-0.05, 0) is 5.56 Å². The maximum atomic E-state index is 11.1. The number of hydrogen-bond acceptors (Lipinski definition) is 3. The van der Waals surface area contributed by atoms with Gasteiger partial charge in [0, 0.05) is 13.2 Å². The van der Waals surface area contributed by atoms with Crippen LogP contribution in [0.25, 0.3) is 5.57 Å². The van der Waals surface area contributed by atoms with Gasteiger partial charge in [-0.3, -0.25) is 4.79 Å². The SMILES string of the molecule is CNN/C=C(\C(N)=O)c1ccccc1. The lowest BCUT2D eigenvalue weighted by Crippen LogP contribution is -2.24. The van der Waals surface area contributed by atoms with Crippen LogP contribution in [-0.2, 0) is 4.79 Å². The molecule has 1 rings (SSSR count). The summed E-state index contributed by atoms with van der Waals surface area (Å²) in [7, 11) is 1.71. The molecule has 1 aromatic carbocycles. The van der Waals surface area contributed by atoms with Gasteiger partial charge in [0.25, 0.3) is 5.91 Å². The van der Waals surface area contributed by atoms with Crippen LogP contribution in [0.15, 0.2) is 36.5 Å². The van der Waals surface area contributed by atoms with Crippen molar-refractivity contribution in [3.8, 4) is 0 Å². The molecule has 0 aliphatic heterocycles. The van der Waals surface area contributed by atoms with Gasteiger partial charge in [-0.25, -0.2) is 5.43 Å². The molecule has 0 radical (unpaired) electrons. The lowest BCUT2D eigenvalue weighted by Gasteiger charge is -2.04. The van der Waals surface area contributed by atoms with E-state index in [1.165, 1.54) is 6.20 Å². The van der Waals surface area contributed by atoms with Crippen molar-refractivity contribution < 1.29 is 4.79 Å². The van der Waals surface area contributed by atoms with Crippen LogP contribution in [0.3, 0.4) is 0 Å². The molecular weight excluding hydrogens is 178 g/mol. The van der Waals surface area contributed by atoms with Crippen LogP contribution >= 0.6 is 0 Å². The summed E-state index contributed by atoms with van der Waals surface area (Å²) >= 11 is 0. The zero-order valence-corrected chi connectivity index (χ0v) is 7.95. The summed E-state index contributed by atoms with van der Waals surface area (Å²) in [5, 5.41) is 0. The summed E-state index contributed by atoms with van der Waals surface area (Å²) in [6, 6.07) is 9.24. The molecule has 0 spiro atoms. The van der Waals surface area contributed by atoms with Crippen molar-refractivity contribution in [2.24, 2.45) is 5.73 Å². The predicted molar refractivity (Wildman–Crippen MR) is 55.8 cm³/mol. The molecule has 14 heavy (non-hydrogen) atoms. The number of carbonyl (C=O) groups is 1. The molecule has 74 valence electrons. The summed E-state index contributed by atoms with van der Waals surface area (Å²) in [6.07, 6.45) is 1.54. The molecule has 0 aliphatic rings. The molecule has 0 fully saturated rings. The minimum atomic E-state index is -0.459. The minimum Gasteiger partial charge on any atom is -0.366 e. The van der Waals surface area contributed by atoms with E-state index in [2.05, 4.69) is 10.9 Å². The standard InChI is InChI=1S/C10H13N3O/c1-12-13-7-9(10(11)14)8-5-3-2-4-6-8/h2-7,12-13H,1H3,(H2,11,14)/b9-7-. The largest absolute Gasteiger partial charge is 0.366 e. The highest BCUT2D eigenvalue weighted by molar-refractivity contribution is 6.18. The third kappa shape index (κ3) is 2.60. The van der Waals surface area contributed by atoms with Crippen molar-refractivity contribution in [1.82, 2.24) is 10.9 Å². The zero-order valence-electron chi connectivity index (χ0n) is 7.95. The number of benzene rings is 1. The monoisotopic (exact) mass is 191 g/mol. The summed E-state index contributed by atoms with van der Waals surface area (Å²) in [6.45, 7) is 0. The normalized spacial score (nSPS) is 11.1. The quantitative estimate of drug-likeness (QED) is 0.471. The molecule has 4 heteroatoms. The van der Waals surface area contributed by atoms with Crippen molar-refractivity contribution >= 4 is 11.5 Å². The van der Waals surface area contributed by atoms with E-state index in [0.717, 1.165) is 5.56 Å². The fourth-order valence-electron chi connectivity index (χ4n) is 1.06. The second-order valence-electron chi connectivity index (χ2n) is 2.68. The Kier molecular flexibility index (Phi) is 3.69. The lowest BCUT2D eigenvalue weighted by molar-refractivity contribution is -0.112. The number of carbonyl (C=O) groups excluding carboxylic acids is 1. The topological polar surface area (TPSA) is 67.2 Å². The molecule has 0 aromatic heterocycles. The van der Waals surface area contributed by atoms with E-state index in [0.29, 0.717) is 5.57 Å². The van der Waals surface area contributed by atoms with Gasteiger partial charge in [0.1, 0.15) is 0 Å². The molecule has 4 nitrogen and oxygen atoms in total. The highest BCUT2D eigenvalue weighted by Crippen LogP contribution is 2.11. The van der Waals surface area contributed by atoms with Gasteiger partial charge in [-0.15, -0.1) is 0 Å². The van der Waals surface area contributed by atoms with E-state index in [1.54, 1.807) is 7.05 Å². The maximum Gasteiger partial charge on any atom is 0.250 e. The van der Waals surface area contributed by atoms with Gasteiger partial charge in [0.15, 0.2) is 0 Å². The van der Waals surface area contributed by atoms with Gasteiger partial charge in [-0.2, -0.15) is 0 Å². The van der Waals surface area contributed by atoms with E-state index in [-0.39, 0.29) is 0 Å². The molecule has 0 heterocycles. The molecule has 4 N–H and O–H groups in total. The van der Waals surface area contributed by atoms with Gasteiger partial charge in [0.05, 0.1) is 5.57 Å². The Morgan fingerprint density at radius 3 is 2.50 bits per heavy atom. The lowest BCUT2D eigenvalue weighted by atomic mass is 10.1. The molecule has 0 unspecified atom stereocenters. The third-order valence-corrected chi connectivity index (χ3v) is 1.71. The number of rotatable bonds is 4. The van der Waals surface area contributed by atoms with Crippen LogP contribution in [-0.4, -0.2) is 13.0 Å². The molecular formula is C10H13N3O. The average Bonchev–Trinajstić information content (AvgIpc) is 2.19. The summed E-state index contributed by atoms with van der Waals surface area (Å²) < 4.78 is 0. The van der Waals surface area contributed by atoms with Crippen LogP contribution in [0.4, 0.5) is 0 Å². The Bertz CT molecular complexity index is 332. The Balaban J connectivity index is 2.95. The highest BCUT2D eigenvalue weighted by atomic mass is 16.1. The second-order valence-corrected chi connectivity index (χ2v) is 2.68. The molecule has 0 saturated carbocycles. The molecule has 1 aromatic rings. The first-order valence-corrected chi connectivity index (χ1v) is 4.23. The van der Waals surface area contributed by atoms with Gasteiger partial charge < -0.3 is 11.2 Å². The van der Waals surface area contributed by atoms with Crippen molar-refractivity contribution in [3.05, 3.63) is 42.1 Å². The first kappa shape index (κ1) is 10.3.